The molecule has 0 amide bonds. The molecule has 0 aliphatic carbocycles. The Morgan fingerprint density at radius 1 is 1.00 bits per heavy atom. The molecule has 0 aliphatic heterocycles. The number of nitro benzene ring substituents is 1. The highest BCUT2D eigenvalue weighted by atomic mass is 32.2. The smallest absolute Gasteiger partial charge is 0.269 e. The largest absolute Gasteiger partial charge is 0.424 e. The summed E-state index contributed by atoms with van der Waals surface area (Å²) in [6.45, 7) is 3.41. The molecule has 128 valence electrons. The summed E-state index contributed by atoms with van der Waals surface area (Å²) in [5.41, 5.74) is 1.56. The summed E-state index contributed by atoms with van der Waals surface area (Å²) >= 11 is 0. The van der Waals surface area contributed by atoms with Gasteiger partial charge in [0, 0.05) is 17.7 Å². The fourth-order valence-corrected chi connectivity index (χ4v) is 3.64. The maximum atomic E-state index is 12.7. The maximum absolute atomic E-state index is 12.7. The highest BCUT2D eigenvalue weighted by Gasteiger charge is 2.26. The van der Waals surface area contributed by atoms with Crippen LogP contribution >= 0.6 is 0 Å². The highest BCUT2D eigenvalue weighted by molar-refractivity contribution is 7.91. The number of hydrogen-bond acceptors (Lipinski definition) is 6. The first-order valence-corrected chi connectivity index (χ1v) is 8.81. The molecule has 0 fully saturated rings. The Balaban J connectivity index is 2.02. The predicted octanol–water partition coefficient (Wildman–Crippen LogP) is 3.70. The molecule has 25 heavy (non-hydrogen) atoms. The van der Waals surface area contributed by atoms with Crippen LogP contribution in [0, 0.1) is 24.0 Å². The lowest BCUT2D eigenvalue weighted by Crippen LogP contribution is -2.02. The van der Waals surface area contributed by atoms with Crippen LogP contribution in [-0.2, 0) is 9.84 Å². The molecular weight excluding hydrogens is 344 g/mol. The van der Waals surface area contributed by atoms with Crippen LogP contribution in [0.2, 0.25) is 0 Å². The zero-order valence-electron chi connectivity index (χ0n) is 13.5. The van der Waals surface area contributed by atoms with E-state index in [1.807, 2.05) is 6.92 Å². The van der Waals surface area contributed by atoms with E-state index < -0.39 is 14.8 Å². The van der Waals surface area contributed by atoms with Gasteiger partial charge in [0.25, 0.3) is 5.69 Å². The number of nitro groups is 1. The quantitative estimate of drug-likeness (QED) is 0.520. The predicted molar refractivity (Wildman–Crippen MR) is 90.0 cm³/mol. The monoisotopic (exact) mass is 358 g/mol. The molecule has 0 bridgehead atoms. The molecule has 0 saturated heterocycles. The van der Waals surface area contributed by atoms with Crippen LogP contribution < -0.4 is 0 Å². The van der Waals surface area contributed by atoms with Crippen molar-refractivity contribution in [3.05, 3.63) is 69.9 Å². The molecule has 7 nitrogen and oxygen atoms in total. The summed E-state index contributed by atoms with van der Waals surface area (Å²) in [6.07, 6.45) is 0. The summed E-state index contributed by atoms with van der Waals surface area (Å²) in [4.78, 5) is 14.5. The van der Waals surface area contributed by atoms with Crippen LogP contribution in [-0.4, -0.2) is 18.3 Å². The lowest BCUT2D eigenvalue weighted by Gasteiger charge is -2.02. The molecule has 1 aromatic heterocycles. The molecule has 3 aromatic rings. The van der Waals surface area contributed by atoms with E-state index in [9.17, 15) is 18.5 Å². The van der Waals surface area contributed by atoms with Crippen molar-refractivity contribution in [2.24, 2.45) is 0 Å². The third-order valence-electron chi connectivity index (χ3n) is 3.65. The van der Waals surface area contributed by atoms with Gasteiger partial charge in [-0.15, -0.1) is 0 Å². The zero-order chi connectivity index (χ0) is 18.2. The average Bonchev–Trinajstić information content (AvgIpc) is 2.98. The van der Waals surface area contributed by atoms with Gasteiger partial charge in [-0.1, -0.05) is 17.7 Å². The van der Waals surface area contributed by atoms with Crippen molar-refractivity contribution in [3.8, 4) is 11.5 Å². The van der Waals surface area contributed by atoms with E-state index in [4.69, 9.17) is 4.42 Å². The number of hydrogen-bond donors (Lipinski definition) is 0. The molecule has 0 unspecified atom stereocenters. The normalized spacial score (nSPS) is 11.4. The van der Waals surface area contributed by atoms with Crippen LogP contribution in [0.15, 0.2) is 62.9 Å². The van der Waals surface area contributed by atoms with E-state index in [0.717, 1.165) is 5.56 Å². The van der Waals surface area contributed by atoms with Gasteiger partial charge in [0.15, 0.2) is 0 Å². The molecule has 0 radical (unpaired) electrons. The third kappa shape index (κ3) is 3.16. The Kier molecular flexibility index (Phi) is 4.13. The van der Waals surface area contributed by atoms with Gasteiger partial charge in [-0.25, -0.2) is 13.4 Å². The Hall–Kier alpha value is -3.00. The Bertz CT molecular complexity index is 1040. The number of non-ortho nitro benzene ring substituents is 1. The Labute approximate surface area is 144 Å². The minimum absolute atomic E-state index is 0.0699. The second kappa shape index (κ2) is 6.14. The van der Waals surface area contributed by atoms with Crippen molar-refractivity contribution in [2.75, 3.05) is 0 Å². The summed E-state index contributed by atoms with van der Waals surface area (Å²) < 4.78 is 30.9. The molecule has 0 spiro atoms. The number of aromatic nitrogens is 1. The first kappa shape index (κ1) is 16.8. The second-order valence-electron chi connectivity index (χ2n) is 5.51. The van der Waals surface area contributed by atoms with Crippen LogP contribution in [0.4, 0.5) is 5.69 Å². The van der Waals surface area contributed by atoms with Crippen molar-refractivity contribution < 1.29 is 17.8 Å². The van der Waals surface area contributed by atoms with Crippen molar-refractivity contribution in [2.45, 2.75) is 23.8 Å². The topological polar surface area (TPSA) is 103 Å². The van der Waals surface area contributed by atoms with Crippen LogP contribution in [0.1, 0.15) is 11.3 Å². The van der Waals surface area contributed by atoms with Crippen LogP contribution in [0.5, 0.6) is 0 Å². The van der Waals surface area contributed by atoms with Crippen molar-refractivity contribution in [1.82, 2.24) is 4.98 Å². The minimum Gasteiger partial charge on any atom is -0.424 e. The second-order valence-corrected chi connectivity index (χ2v) is 7.36. The summed E-state index contributed by atoms with van der Waals surface area (Å²) in [5, 5.41) is 10.5. The van der Waals surface area contributed by atoms with Crippen molar-refractivity contribution in [3.63, 3.8) is 0 Å². The Morgan fingerprint density at radius 2 is 1.60 bits per heavy atom. The SMILES string of the molecule is Cc1ccc(S(=O)(=O)c2oc(-c3ccc([N+](=O)[O-])cc3)nc2C)cc1. The van der Waals surface area contributed by atoms with E-state index in [0.29, 0.717) is 5.56 Å². The number of nitrogens with zero attached hydrogens (tertiary/aromatic N) is 2. The van der Waals surface area contributed by atoms with E-state index >= 15 is 0 Å². The maximum Gasteiger partial charge on any atom is 0.269 e. The number of sulfone groups is 1. The first-order chi connectivity index (χ1) is 11.8. The molecule has 0 atom stereocenters. The number of aryl methyl sites for hydroxylation is 2. The van der Waals surface area contributed by atoms with E-state index in [-0.39, 0.29) is 27.3 Å². The standard InChI is InChI=1S/C17H14N2O5S/c1-11-3-9-15(10-4-11)25(22,23)17-12(2)18-16(24-17)13-5-7-14(8-6-13)19(20)21/h3-10H,1-2H3. The van der Waals surface area contributed by atoms with Gasteiger partial charge >= 0.3 is 0 Å². The number of rotatable bonds is 4. The van der Waals surface area contributed by atoms with Crippen molar-refractivity contribution in [1.29, 1.82) is 0 Å². The molecule has 1 heterocycles. The van der Waals surface area contributed by atoms with Gasteiger partial charge < -0.3 is 4.42 Å². The summed E-state index contributed by atoms with van der Waals surface area (Å²) in [5.74, 6) is 0.0954. The fraction of sp³-hybridized carbons (Fsp3) is 0.118. The van der Waals surface area contributed by atoms with E-state index in [1.54, 1.807) is 19.1 Å². The lowest BCUT2D eigenvalue weighted by atomic mass is 10.2. The van der Waals surface area contributed by atoms with Gasteiger partial charge in [0.05, 0.1) is 15.5 Å². The van der Waals surface area contributed by atoms with Crippen LogP contribution in [0.3, 0.4) is 0 Å². The molecule has 3 rings (SSSR count). The lowest BCUT2D eigenvalue weighted by molar-refractivity contribution is -0.384. The first-order valence-electron chi connectivity index (χ1n) is 7.33. The molecule has 2 aromatic carbocycles. The Morgan fingerprint density at radius 3 is 2.16 bits per heavy atom. The van der Waals surface area contributed by atoms with Gasteiger partial charge in [0.2, 0.25) is 20.8 Å². The molecule has 0 N–H and O–H groups in total. The van der Waals surface area contributed by atoms with Gasteiger partial charge in [-0.05, 0) is 38.1 Å². The molecular formula is C17H14N2O5S. The number of benzene rings is 2. The molecule has 0 aliphatic rings. The molecule has 8 heteroatoms. The number of oxazole rings is 1. The van der Waals surface area contributed by atoms with Crippen LogP contribution in [0.25, 0.3) is 11.5 Å². The third-order valence-corrected chi connectivity index (χ3v) is 5.41. The highest BCUT2D eigenvalue weighted by Crippen LogP contribution is 2.30. The minimum atomic E-state index is -3.83. The fourth-order valence-electron chi connectivity index (χ4n) is 2.31. The summed E-state index contributed by atoms with van der Waals surface area (Å²) in [6, 6.07) is 12.0. The average molecular weight is 358 g/mol. The van der Waals surface area contributed by atoms with E-state index in [2.05, 4.69) is 4.98 Å². The van der Waals surface area contributed by atoms with E-state index in [1.165, 1.54) is 36.4 Å². The van der Waals surface area contributed by atoms with Gasteiger partial charge in [0.1, 0.15) is 0 Å². The zero-order valence-corrected chi connectivity index (χ0v) is 14.3. The van der Waals surface area contributed by atoms with Gasteiger partial charge in [-0.3, -0.25) is 10.1 Å². The van der Waals surface area contributed by atoms with Crippen molar-refractivity contribution >= 4 is 15.5 Å². The summed E-state index contributed by atoms with van der Waals surface area (Å²) in [7, 11) is -3.83. The van der Waals surface area contributed by atoms with Gasteiger partial charge in [-0.2, -0.15) is 0 Å². The molecule has 0 saturated carbocycles.